The van der Waals surface area contributed by atoms with E-state index in [0.717, 1.165) is 86.6 Å². The Morgan fingerprint density at radius 1 is 0.476 bits per heavy atom. The molecule has 1 aliphatic rings. The van der Waals surface area contributed by atoms with E-state index in [4.69, 9.17) is 14.2 Å². The molecule has 5 aromatic rings. The van der Waals surface area contributed by atoms with Gasteiger partial charge in [0, 0.05) is 22.3 Å². The van der Waals surface area contributed by atoms with Crippen molar-refractivity contribution >= 4 is 32.9 Å². The molecule has 346 valence electrons. The first-order valence-electron chi connectivity index (χ1n) is 25.1. The van der Waals surface area contributed by atoms with Crippen molar-refractivity contribution in [2.75, 3.05) is 19.8 Å². The number of nitrogens with zero attached hydrogens (tertiary/aromatic N) is 2. The minimum Gasteiger partial charge on any atom is -0.494 e. The summed E-state index contributed by atoms with van der Waals surface area (Å²) < 4.78 is 47.2. The Labute approximate surface area is 383 Å². The Morgan fingerprint density at radius 2 is 0.921 bits per heavy atom. The van der Waals surface area contributed by atoms with E-state index >= 15 is 0 Å². The van der Waals surface area contributed by atoms with Gasteiger partial charge in [0.1, 0.15) is 15.8 Å². The molecule has 0 saturated heterocycles. The van der Waals surface area contributed by atoms with E-state index in [1.54, 1.807) is 35.6 Å². The molecule has 5 nitrogen and oxygen atoms in total. The zero-order valence-corrected chi connectivity index (χ0v) is 40.1. The van der Waals surface area contributed by atoms with Crippen molar-refractivity contribution in [2.45, 2.75) is 188 Å². The fourth-order valence-electron chi connectivity index (χ4n) is 8.77. The van der Waals surface area contributed by atoms with Crippen LogP contribution in [0.4, 0.5) is 8.78 Å². The summed E-state index contributed by atoms with van der Waals surface area (Å²) in [7, 11) is 0. The van der Waals surface area contributed by atoms with Gasteiger partial charge in [-0.05, 0) is 110 Å². The van der Waals surface area contributed by atoms with Gasteiger partial charge in [-0.2, -0.15) is 0 Å². The van der Waals surface area contributed by atoms with Crippen LogP contribution in [0.2, 0.25) is 0 Å². The second kappa shape index (κ2) is 28.9. The number of rotatable bonds is 28. The summed E-state index contributed by atoms with van der Waals surface area (Å²) in [4.78, 5) is 0. The highest BCUT2D eigenvalue weighted by Gasteiger charge is 2.25. The largest absolute Gasteiger partial charge is 0.494 e. The van der Waals surface area contributed by atoms with Gasteiger partial charge in [0.05, 0.1) is 19.8 Å². The molecular weight excluding hydrogens is 807 g/mol. The van der Waals surface area contributed by atoms with Crippen molar-refractivity contribution < 1.29 is 23.0 Å². The van der Waals surface area contributed by atoms with E-state index < -0.39 is 0 Å². The van der Waals surface area contributed by atoms with Crippen LogP contribution in [-0.4, -0.2) is 30.0 Å². The number of unbranched alkanes of at least 4 members (excludes halogenated alkanes) is 15. The van der Waals surface area contributed by atoms with Gasteiger partial charge < -0.3 is 14.2 Å². The lowest BCUT2D eigenvalue weighted by Crippen LogP contribution is -2.13. The van der Waals surface area contributed by atoms with Gasteiger partial charge >= 0.3 is 0 Å². The van der Waals surface area contributed by atoms with E-state index in [-0.39, 0.29) is 23.1 Å². The van der Waals surface area contributed by atoms with Crippen molar-refractivity contribution in [3.63, 3.8) is 0 Å². The average molecular weight is 885 g/mol. The third kappa shape index (κ3) is 16.3. The molecule has 8 heteroatoms. The molecule has 0 unspecified atom stereocenters. The fourth-order valence-corrected chi connectivity index (χ4v) is 9.79. The highest BCUT2D eigenvalue weighted by Crippen LogP contribution is 2.40. The minimum atomic E-state index is -0.387. The highest BCUT2D eigenvalue weighted by atomic mass is 32.1. The molecule has 1 saturated carbocycles. The quantitative estimate of drug-likeness (QED) is 0.0370. The first kappa shape index (κ1) is 50.2. The molecule has 0 amide bonds. The van der Waals surface area contributed by atoms with Gasteiger partial charge in [0.25, 0.3) is 0 Å². The molecular formula is C55H78F2N2O3S. The van der Waals surface area contributed by atoms with Crippen LogP contribution in [0.1, 0.15) is 193 Å². The molecule has 1 heterocycles. The number of hydrogen-bond acceptors (Lipinski definition) is 6. The Morgan fingerprint density at radius 3 is 1.44 bits per heavy atom. The van der Waals surface area contributed by atoms with Crippen LogP contribution in [0, 0.1) is 17.6 Å². The maximum Gasteiger partial charge on any atom is 0.172 e. The normalized spacial score (nSPS) is 15.1. The first-order valence-corrected chi connectivity index (χ1v) is 25.9. The summed E-state index contributed by atoms with van der Waals surface area (Å²) in [6.07, 6.45) is 30.1. The second-order valence-electron chi connectivity index (χ2n) is 17.8. The monoisotopic (exact) mass is 885 g/mol. The molecule has 1 aliphatic carbocycles. The number of hydrogen-bond donors (Lipinski definition) is 0. The summed E-state index contributed by atoms with van der Waals surface area (Å²) in [5.74, 6) is 2.26. The van der Waals surface area contributed by atoms with Crippen molar-refractivity contribution in [3.8, 4) is 27.8 Å². The first-order chi connectivity index (χ1) is 31.0. The van der Waals surface area contributed by atoms with Gasteiger partial charge in [-0.15, -0.1) is 10.2 Å². The second-order valence-corrected chi connectivity index (χ2v) is 18.8. The number of aromatic nitrogens is 2. The third-order valence-electron chi connectivity index (χ3n) is 12.7. The Balaban J connectivity index is 0.000000239. The smallest absolute Gasteiger partial charge is 0.172 e. The molecule has 6 rings (SSSR count). The van der Waals surface area contributed by atoms with Crippen molar-refractivity contribution in [1.82, 2.24) is 10.2 Å². The predicted molar refractivity (Wildman–Crippen MR) is 263 cm³/mol. The van der Waals surface area contributed by atoms with E-state index in [9.17, 15) is 8.78 Å². The Hall–Kier alpha value is -3.78. The van der Waals surface area contributed by atoms with Crippen LogP contribution in [0.3, 0.4) is 0 Å². The van der Waals surface area contributed by atoms with Gasteiger partial charge in [-0.1, -0.05) is 160 Å². The third-order valence-corrected chi connectivity index (χ3v) is 13.9. The van der Waals surface area contributed by atoms with Crippen molar-refractivity contribution in [1.29, 1.82) is 0 Å². The summed E-state index contributed by atoms with van der Waals surface area (Å²) in [5, 5.41) is 13.6. The van der Waals surface area contributed by atoms with Crippen LogP contribution in [0.15, 0.2) is 60.7 Å². The van der Waals surface area contributed by atoms with Crippen LogP contribution in [0.25, 0.3) is 32.1 Å². The number of benzene rings is 4. The highest BCUT2D eigenvalue weighted by molar-refractivity contribution is 7.14. The molecule has 0 spiro atoms. The van der Waals surface area contributed by atoms with Crippen LogP contribution < -0.4 is 14.2 Å². The lowest BCUT2D eigenvalue weighted by molar-refractivity contribution is 0.291. The fraction of sp³-hybridized carbons (Fsp3) is 0.600. The number of halogens is 2. The SMILES string of the molecule is CCCCCCCCCCOc1ccc(-c2nnc(C3CCC(CCCCC)CC3)s2)cc1.CCCCCCOc1ccc2c(ccc3c(F)c(OCCCCCC)ccc32)c1F. The summed E-state index contributed by atoms with van der Waals surface area (Å²) in [6, 6.07) is 18.6. The lowest BCUT2D eigenvalue weighted by Gasteiger charge is -2.27. The van der Waals surface area contributed by atoms with Crippen LogP contribution in [0.5, 0.6) is 17.2 Å². The number of ether oxygens (including phenoxy) is 3. The molecule has 1 fully saturated rings. The lowest BCUT2D eigenvalue weighted by atomic mass is 9.80. The summed E-state index contributed by atoms with van der Waals surface area (Å²) >= 11 is 1.79. The minimum absolute atomic E-state index is 0.255. The summed E-state index contributed by atoms with van der Waals surface area (Å²) in [6.45, 7) is 10.7. The Kier molecular flexibility index (Phi) is 23.0. The molecule has 4 aromatic carbocycles. The molecule has 0 radical (unpaired) electrons. The van der Waals surface area contributed by atoms with Crippen LogP contribution in [-0.2, 0) is 0 Å². The topological polar surface area (TPSA) is 53.5 Å². The molecule has 63 heavy (non-hydrogen) atoms. The van der Waals surface area contributed by atoms with Gasteiger partial charge in [0.15, 0.2) is 23.1 Å². The zero-order chi connectivity index (χ0) is 44.5. The van der Waals surface area contributed by atoms with Crippen molar-refractivity contribution in [2.24, 2.45) is 5.92 Å². The molecule has 1 aromatic heterocycles. The van der Waals surface area contributed by atoms with E-state index in [0.29, 0.717) is 40.7 Å². The van der Waals surface area contributed by atoms with Gasteiger partial charge in [-0.3, -0.25) is 0 Å². The molecule has 0 aliphatic heterocycles. The molecule has 0 N–H and O–H groups in total. The van der Waals surface area contributed by atoms with Gasteiger partial charge in [-0.25, -0.2) is 8.78 Å². The molecule has 0 bridgehead atoms. The maximum atomic E-state index is 15.0. The van der Waals surface area contributed by atoms with Gasteiger partial charge in [0.2, 0.25) is 0 Å². The predicted octanol–water partition coefficient (Wildman–Crippen LogP) is 17.8. The summed E-state index contributed by atoms with van der Waals surface area (Å²) in [5.41, 5.74) is 1.16. The number of fused-ring (bicyclic) bond motifs is 3. The Bertz CT molecular complexity index is 1930. The zero-order valence-electron chi connectivity index (χ0n) is 39.3. The van der Waals surface area contributed by atoms with E-state index in [2.05, 4.69) is 62.2 Å². The van der Waals surface area contributed by atoms with Crippen molar-refractivity contribution in [3.05, 3.63) is 77.3 Å². The average Bonchev–Trinajstić information content (AvgIpc) is 3.81. The maximum absolute atomic E-state index is 15.0. The standard InChI is InChI=1S/C29H46N2OS.C26H32F2O2/c1-3-5-7-8-9-10-11-13-23-32-27-21-19-26(20-22-27)29-31-30-28(33-29)25-17-15-24(16-18-25)14-12-6-4-2;1-3-5-7-9-17-29-23-15-13-19-20-14-16-24(30-18-10-8-6-4-2)26(28)22(20)12-11-21(19)25(23)27/h19-22,24-25H,3-18,23H2,1-2H3;11-16H,3-10,17-18H2,1-2H3. The van der Waals surface area contributed by atoms with Crippen LogP contribution >= 0.6 is 11.3 Å². The van der Waals surface area contributed by atoms with E-state index in [1.165, 1.54) is 101 Å². The van der Waals surface area contributed by atoms with E-state index in [1.807, 2.05) is 12.1 Å². The molecule has 0 atom stereocenters.